The van der Waals surface area contributed by atoms with Crippen molar-refractivity contribution in [2.45, 2.75) is 0 Å². The molecule has 13 heavy (non-hydrogen) atoms. The largest absolute Gasteiger partial charge is 0.508 e. The number of benzene rings is 1. The molecule has 0 aliphatic rings. The lowest BCUT2D eigenvalue weighted by Crippen LogP contribution is -1.84. The minimum Gasteiger partial charge on any atom is -0.508 e. The highest BCUT2D eigenvalue weighted by atomic mass is 32.1. The van der Waals surface area contributed by atoms with Gasteiger partial charge < -0.3 is 14.3 Å². The third kappa shape index (κ3) is 1.27. The Hall–Kier alpha value is -1.49. The van der Waals surface area contributed by atoms with Gasteiger partial charge in [-0.05, 0) is 0 Å². The number of aromatic hydroxyl groups is 1. The van der Waals surface area contributed by atoms with Crippen LogP contribution in [0.5, 0.6) is 11.5 Å². The van der Waals surface area contributed by atoms with Crippen molar-refractivity contribution in [2.75, 3.05) is 7.11 Å². The van der Waals surface area contributed by atoms with Crippen LogP contribution in [-0.2, 0) is 0 Å². The first-order valence-electron chi connectivity index (χ1n) is 3.51. The van der Waals surface area contributed by atoms with Gasteiger partial charge in [-0.25, -0.2) is 4.79 Å². The second kappa shape index (κ2) is 2.77. The van der Waals surface area contributed by atoms with Gasteiger partial charge in [-0.1, -0.05) is 11.3 Å². The molecule has 1 N–H and O–H groups in total. The van der Waals surface area contributed by atoms with Crippen molar-refractivity contribution >= 4 is 21.6 Å². The molecule has 0 spiro atoms. The van der Waals surface area contributed by atoms with Gasteiger partial charge in [0, 0.05) is 12.1 Å². The monoisotopic (exact) mass is 198 g/mol. The topological polar surface area (TPSA) is 59.7 Å². The van der Waals surface area contributed by atoms with Crippen LogP contribution >= 0.6 is 11.3 Å². The molecule has 0 saturated heterocycles. The summed E-state index contributed by atoms with van der Waals surface area (Å²) in [6.07, 6.45) is 0. The molecule has 68 valence electrons. The van der Waals surface area contributed by atoms with Gasteiger partial charge in [0.05, 0.1) is 11.8 Å². The summed E-state index contributed by atoms with van der Waals surface area (Å²) < 4.78 is 10.4. The van der Waals surface area contributed by atoms with E-state index in [1.165, 1.54) is 19.2 Å². The maximum atomic E-state index is 10.9. The Bertz CT molecular complexity index is 496. The first-order valence-corrected chi connectivity index (χ1v) is 4.33. The zero-order valence-corrected chi connectivity index (χ0v) is 7.55. The molecule has 2 aromatic rings. The summed E-state index contributed by atoms with van der Waals surface area (Å²) >= 11 is 0.934. The molecule has 1 aromatic carbocycles. The summed E-state index contributed by atoms with van der Waals surface area (Å²) in [5, 5.41) is 9.23. The van der Waals surface area contributed by atoms with Gasteiger partial charge in [-0.3, -0.25) is 0 Å². The number of fused-ring (bicyclic) bond motifs is 1. The highest BCUT2D eigenvalue weighted by Gasteiger charge is 2.09. The lowest BCUT2D eigenvalue weighted by atomic mass is 10.3. The summed E-state index contributed by atoms with van der Waals surface area (Å²) in [6, 6.07) is 2.87. The maximum Gasteiger partial charge on any atom is 0.396 e. The first-order chi connectivity index (χ1) is 6.20. The number of ether oxygens (including phenoxy) is 1. The van der Waals surface area contributed by atoms with E-state index >= 15 is 0 Å². The van der Waals surface area contributed by atoms with E-state index in [-0.39, 0.29) is 5.75 Å². The van der Waals surface area contributed by atoms with Crippen LogP contribution in [0, 0.1) is 0 Å². The predicted molar refractivity (Wildman–Crippen MR) is 48.6 cm³/mol. The average molecular weight is 198 g/mol. The second-order valence-corrected chi connectivity index (χ2v) is 3.41. The smallest absolute Gasteiger partial charge is 0.396 e. The van der Waals surface area contributed by atoms with Crippen LogP contribution in [0.1, 0.15) is 0 Å². The SMILES string of the molecule is COc1cc(O)cc2sc(=O)oc12. The molecule has 0 atom stereocenters. The zero-order valence-electron chi connectivity index (χ0n) is 6.73. The lowest BCUT2D eigenvalue weighted by molar-refractivity contribution is 0.402. The van der Waals surface area contributed by atoms with Crippen LogP contribution in [0.2, 0.25) is 0 Å². The van der Waals surface area contributed by atoms with Crippen molar-refractivity contribution in [1.29, 1.82) is 0 Å². The molecular weight excluding hydrogens is 192 g/mol. The van der Waals surface area contributed by atoms with E-state index in [1.54, 1.807) is 0 Å². The molecule has 1 heterocycles. The van der Waals surface area contributed by atoms with Gasteiger partial charge in [0.15, 0.2) is 11.3 Å². The Morgan fingerprint density at radius 1 is 1.54 bits per heavy atom. The number of phenolic OH excluding ortho intramolecular Hbond substituents is 1. The van der Waals surface area contributed by atoms with Crippen molar-refractivity contribution in [3.8, 4) is 11.5 Å². The Labute approximate surface area is 77.0 Å². The number of hydrogen-bond donors (Lipinski definition) is 1. The Balaban J connectivity index is 2.88. The molecule has 0 saturated carbocycles. The molecule has 5 heteroatoms. The Morgan fingerprint density at radius 3 is 3.00 bits per heavy atom. The highest BCUT2D eigenvalue weighted by Crippen LogP contribution is 2.31. The van der Waals surface area contributed by atoms with Crippen LogP contribution in [0.15, 0.2) is 21.3 Å². The normalized spacial score (nSPS) is 10.5. The summed E-state index contributed by atoms with van der Waals surface area (Å²) in [4.78, 5) is 10.5. The van der Waals surface area contributed by atoms with Crippen LogP contribution in [0.25, 0.3) is 10.3 Å². The van der Waals surface area contributed by atoms with E-state index in [0.29, 0.717) is 16.0 Å². The van der Waals surface area contributed by atoms with Crippen LogP contribution in [0.3, 0.4) is 0 Å². The van der Waals surface area contributed by atoms with Crippen molar-refractivity contribution in [2.24, 2.45) is 0 Å². The van der Waals surface area contributed by atoms with Gasteiger partial charge >= 0.3 is 4.94 Å². The molecular formula is C8H6O4S. The Morgan fingerprint density at radius 2 is 2.31 bits per heavy atom. The minimum absolute atomic E-state index is 0.0569. The number of rotatable bonds is 1. The molecule has 0 radical (unpaired) electrons. The third-order valence-electron chi connectivity index (χ3n) is 1.60. The average Bonchev–Trinajstić information content (AvgIpc) is 2.43. The first kappa shape index (κ1) is 8.12. The summed E-state index contributed by atoms with van der Waals surface area (Å²) in [7, 11) is 1.45. The van der Waals surface area contributed by atoms with Gasteiger partial charge in [0.1, 0.15) is 5.75 Å². The van der Waals surface area contributed by atoms with Crippen LogP contribution in [0.4, 0.5) is 0 Å². The van der Waals surface area contributed by atoms with Gasteiger partial charge in [-0.15, -0.1) is 0 Å². The van der Waals surface area contributed by atoms with E-state index in [0.717, 1.165) is 11.3 Å². The minimum atomic E-state index is -0.404. The Kier molecular flexibility index (Phi) is 1.73. The zero-order chi connectivity index (χ0) is 9.42. The molecule has 0 bridgehead atoms. The fraction of sp³-hybridized carbons (Fsp3) is 0.125. The van der Waals surface area contributed by atoms with Gasteiger partial charge in [0.25, 0.3) is 0 Å². The van der Waals surface area contributed by atoms with Gasteiger partial charge in [-0.2, -0.15) is 0 Å². The second-order valence-electron chi connectivity index (χ2n) is 2.43. The third-order valence-corrected chi connectivity index (χ3v) is 2.38. The molecule has 2 rings (SSSR count). The van der Waals surface area contributed by atoms with E-state index in [9.17, 15) is 9.90 Å². The molecule has 0 aliphatic heterocycles. The standard InChI is InChI=1S/C8H6O4S/c1-11-5-2-4(9)3-6-7(5)12-8(10)13-6/h2-3,9H,1H3. The summed E-state index contributed by atoms with van der Waals surface area (Å²) in [5.41, 5.74) is 0.385. The molecule has 4 nitrogen and oxygen atoms in total. The maximum absolute atomic E-state index is 10.9. The van der Waals surface area contributed by atoms with E-state index in [1.807, 2.05) is 0 Å². The molecule has 1 aromatic heterocycles. The number of hydrogen-bond acceptors (Lipinski definition) is 5. The highest BCUT2D eigenvalue weighted by molar-refractivity contribution is 7.16. The van der Waals surface area contributed by atoms with Crippen LogP contribution in [-0.4, -0.2) is 12.2 Å². The van der Waals surface area contributed by atoms with E-state index < -0.39 is 4.94 Å². The predicted octanol–water partition coefficient (Wildman–Crippen LogP) is 1.57. The number of methoxy groups -OCH3 is 1. The fourth-order valence-electron chi connectivity index (χ4n) is 1.08. The molecule has 0 fully saturated rings. The van der Waals surface area contributed by atoms with Gasteiger partial charge in [0.2, 0.25) is 0 Å². The number of phenols is 1. The molecule has 0 unspecified atom stereocenters. The van der Waals surface area contributed by atoms with E-state index in [2.05, 4.69) is 0 Å². The molecule has 0 amide bonds. The summed E-state index contributed by atoms with van der Waals surface area (Å²) in [5.74, 6) is 0.426. The van der Waals surface area contributed by atoms with Crippen molar-refractivity contribution < 1.29 is 14.3 Å². The fourth-order valence-corrected chi connectivity index (χ4v) is 1.80. The quantitative estimate of drug-likeness (QED) is 0.755. The van der Waals surface area contributed by atoms with Crippen molar-refractivity contribution in [3.05, 3.63) is 21.9 Å². The summed E-state index contributed by atoms with van der Waals surface area (Å²) in [6.45, 7) is 0. The lowest BCUT2D eigenvalue weighted by Gasteiger charge is -1.99. The molecule has 0 aliphatic carbocycles. The van der Waals surface area contributed by atoms with Crippen LogP contribution < -0.4 is 9.68 Å². The van der Waals surface area contributed by atoms with E-state index in [4.69, 9.17) is 9.15 Å². The van der Waals surface area contributed by atoms with Crippen molar-refractivity contribution in [3.63, 3.8) is 0 Å². The van der Waals surface area contributed by atoms with Crippen molar-refractivity contribution in [1.82, 2.24) is 0 Å².